The first-order valence-corrected chi connectivity index (χ1v) is 14.7. The first-order valence-electron chi connectivity index (χ1n) is 11.2. The van der Waals surface area contributed by atoms with E-state index in [1.54, 1.807) is 42.5 Å². The fraction of sp³-hybridized carbons (Fsp3) is 0.250. The van der Waals surface area contributed by atoms with E-state index < -0.39 is 28.0 Å². The number of carboxylic acids is 1. The van der Waals surface area contributed by atoms with Crippen molar-refractivity contribution in [3.8, 4) is 5.00 Å². The van der Waals surface area contributed by atoms with Crippen LogP contribution in [0.3, 0.4) is 0 Å². The van der Waals surface area contributed by atoms with Crippen LogP contribution < -0.4 is 4.72 Å². The van der Waals surface area contributed by atoms with Crippen molar-refractivity contribution < 1.29 is 18.3 Å². The van der Waals surface area contributed by atoms with Crippen molar-refractivity contribution in [2.45, 2.75) is 37.9 Å². The summed E-state index contributed by atoms with van der Waals surface area (Å²) in [5.41, 5.74) is 3.64. The first-order chi connectivity index (χ1) is 17.5. The predicted molar refractivity (Wildman–Crippen MR) is 145 cm³/mol. The Hall–Kier alpha value is -3.06. The van der Waals surface area contributed by atoms with Crippen molar-refractivity contribution in [2.24, 2.45) is 10.9 Å². The molecule has 0 saturated heterocycles. The van der Waals surface area contributed by atoms with Crippen LogP contribution in [0.15, 0.2) is 45.6 Å². The van der Waals surface area contributed by atoms with E-state index in [9.17, 15) is 18.3 Å². The second-order valence-electron chi connectivity index (χ2n) is 8.70. The molecule has 4 heterocycles. The average Bonchev–Trinajstić information content (AvgIpc) is 3.50. The SMILES string of the molecule is Cc1sc2c(c1C)C(c1ccc(NS(=O)(=O)c3ccc(Cl)s3)cc1)=N[C@@H](C(C)C(=O)O)c1nnc(C)n1-2. The highest BCUT2D eigenvalue weighted by molar-refractivity contribution is 7.94. The van der Waals surface area contributed by atoms with Crippen LogP contribution in [0.2, 0.25) is 4.34 Å². The lowest BCUT2D eigenvalue weighted by atomic mass is 9.98. The number of hydrogen-bond acceptors (Lipinski definition) is 8. The molecule has 1 unspecified atom stereocenters. The van der Waals surface area contributed by atoms with Crippen LogP contribution >= 0.6 is 34.3 Å². The van der Waals surface area contributed by atoms with Crippen LogP contribution in [0.4, 0.5) is 5.69 Å². The largest absolute Gasteiger partial charge is 0.481 e. The number of thiophene rings is 2. The van der Waals surface area contributed by atoms with Crippen molar-refractivity contribution in [1.82, 2.24) is 14.8 Å². The molecule has 2 atom stereocenters. The van der Waals surface area contributed by atoms with Gasteiger partial charge in [-0.2, -0.15) is 0 Å². The van der Waals surface area contributed by atoms with Gasteiger partial charge in [0, 0.05) is 21.7 Å². The van der Waals surface area contributed by atoms with Crippen LogP contribution in [0, 0.1) is 26.7 Å². The van der Waals surface area contributed by atoms with E-state index in [2.05, 4.69) is 14.9 Å². The summed E-state index contributed by atoms with van der Waals surface area (Å²) in [5.74, 6) is -0.716. The molecule has 0 bridgehead atoms. The molecule has 5 rings (SSSR count). The Morgan fingerprint density at radius 3 is 2.43 bits per heavy atom. The number of rotatable bonds is 6. The first kappa shape index (κ1) is 25.6. The summed E-state index contributed by atoms with van der Waals surface area (Å²) < 4.78 is 30.4. The Bertz CT molecular complexity index is 1670. The summed E-state index contributed by atoms with van der Waals surface area (Å²) in [4.78, 5) is 18.1. The molecule has 4 aromatic rings. The Labute approximate surface area is 226 Å². The molecule has 1 aromatic carbocycles. The molecular weight excluding hydrogens is 554 g/mol. The minimum absolute atomic E-state index is 0.118. The van der Waals surface area contributed by atoms with Gasteiger partial charge in [0.25, 0.3) is 10.0 Å². The van der Waals surface area contributed by atoms with Crippen LogP contribution in [-0.2, 0) is 14.8 Å². The quantitative estimate of drug-likeness (QED) is 0.318. The maximum atomic E-state index is 12.7. The van der Waals surface area contributed by atoms with Crippen LogP contribution in [0.25, 0.3) is 5.00 Å². The fourth-order valence-corrected chi connectivity index (χ4v) is 7.92. The van der Waals surface area contributed by atoms with E-state index >= 15 is 0 Å². The summed E-state index contributed by atoms with van der Waals surface area (Å²) in [6.07, 6.45) is 0. The monoisotopic (exact) mass is 575 g/mol. The third-order valence-corrected chi connectivity index (χ3v) is 10.6. The number of nitrogens with zero attached hydrogens (tertiary/aromatic N) is 4. The molecule has 2 N–H and O–H groups in total. The number of sulfonamides is 1. The number of aryl methyl sites for hydroxylation is 2. The molecule has 1 aliphatic rings. The summed E-state index contributed by atoms with van der Waals surface area (Å²) in [6, 6.07) is 9.08. The number of aliphatic imine (C=N–C) groups is 1. The highest BCUT2D eigenvalue weighted by Gasteiger charge is 2.36. The lowest BCUT2D eigenvalue weighted by molar-refractivity contribution is -0.141. The number of nitrogens with one attached hydrogen (secondary N) is 1. The zero-order valence-corrected chi connectivity index (χ0v) is 23.4. The van der Waals surface area contributed by atoms with Gasteiger partial charge in [0.2, 0.25) is 0 Å². The van der Waals surface area contributed by atoms with Crippen molar-refractivity contribution in [3.63, 3.8) is 0 Å². The van der Waals surface area contributed by atoms with E-state index in [4.69, 9.17) is 16.6 Å². The number of benzene rings is 1. The summed E-state index contributed by atoms with van der Waals surface area (Å²) >= 11 is 8.45. The molecule has 9 nitrogen and oxygen atoms in total. The van der Waals surface area contributed by atoms with E-state index in [0.717, 1.165) is 37.9 Å². The van der Waals surface area contributed by atoms with Gasteiger partial charge in [-0.3, -0.25) is 19.1 Å². The van der Waals surface area contributed by atoms with E-state index in [1.165, 1.54) is 12.1 Å². The Morgan fingerprint density at radius 2 is 1.81 bits per heavy atom. The molecule has 3 aromatic heterocycles. The second kappa shape index (κ2) is 9.35. The minimum Gasteiger partial charge on any atom is -0.481 e. The normalized spacial score (nSPS) is 15.9. The molecular formula is C24H22ClN5O4S3. The number of fused-ring (bicyclic) bond motifs is 3. The highest BCUT2D eigenvalue weighted by Crippen LogP contribution is 2.40. The molecule has 0 amide bonds. The Balaban J connectivity index is 1.61. The van der Waals surface area contributed by atoms with Crippen LogP contribution in [0.5, 0.6) is 0 Å². The lowest BCUT2D eigenvalue weighted by Gasteiger charge is -2.16. The molecule has 0 radical (unpaired) electrons. The second-order valence-corrected chi connectivity index (χ2v) is 13.5. The number of hydrogen-bond donors (Lipinski definition) is 2. The predicted octanol–water partition coefficient (Wildman–Crippen LogP) is 5.38. The molecule has 37 heavy (non-hydrogen) atoms. The number of carboxylic acid groups (broad SMARTS) is 1. The highest BCUT2D eigenvalue weighted by atomic mass is 35.5. The summed E-state index contributed by atoms with van der Waals surface area (Å²) in [6.45, 7) is 7.47. The van der Waals surface area contributed by atoms with Gasteiger partial charge in [-0.1, -0.05) is 23.7 Å². The summed E-state index contributed by atoms with van der Waals surface area (Å²) in [7, 11) is -3.78. The smallest absolute Gasteiger partial charge is 0.308 e. The molecule has 0 spiro atoms. The van der Waals surface area contributed by atoms with Gasteiger partial charge in [-0.05, 0) is 57.5 Å². The minimum atomic E-state index is -3.78. The van der Waals surface area contributed by atoms with Gasteiger partial charge in [0.1, 0.15) is 21.1 Å². The number of carbonyl (C=O) groups is 1. The third-order valence-electron chi connectivity index (χ3n) is 6.28. The Kier molecular flexibility index (Phi) is 6.47. The van der Waals surface area contributed by atoms with Crippen molar-refractivity contribution in [2.75, 3.05) is 4.72 Å². The van der Waals surface area contributed by atoms with Gasteiger partial charge in [-0.15, -0.1) is 32.9 Å². The average molecular weight is 576 g/mol. The van der Waals surface area contributed by atoms with Gasteiger partial charge in [-0.25, -0.2) is 8.42 Å². The zero-order chi connectivity index (χ0) is 26.6. The number of halogens is 1. The zero-order valence-electron chi connectivity index (χ0n) is 20.2. The molecule has 0 fully saturated rings. The van der Waals surface area contributed by atoms with Crippen molar-refractivity contribution in [3.05, 3.63) is 74.0 Å². The third kappa shape index (κ3) is 4.48. The maximum Gasteiger partial charge on any atom is 0.308 e. The number of aromatic nitrogens is 3. The van der Waals surface area contributed by atoms with E-state index in [1.807, 2.05) is 25.3 Å². The van der Waals surface area contributed by atoms with Crippen LogP contribution in [0.1, 0.15) is 46.2 Å². The van der Waals surface area contributed by atoms with Crippen molar-refractivity contribution in [1.29, 1.82) is 0 Å². The standard InChI is InChI=1S/C24H22ClN5O4S3/c1-11-13(3)35-23-19(11)21(26-20(12(2)24(31)32)22-28-27-14(4)30(22)23)15-5-7-16(8-6-15)29-37(33,34)18-10-9-17(25)36-18/h5-10,12,20,29H,1-4H3,(H,31,32)/t12?,20-/m0/s1. The van der Waals surface area contributed by atoms with Crippen molar-refractivity contribution >= 4 is 61.7 Å². The van der Waals surface area contributed by atoms with Gasteiger partial charge >= 0.3 is 5.97 Å². The molecule has 0 aliphatic carbocycles. The maximum absolute atomic E-state index is 12.7. The Morgan fingerprint density at radius 1 is 1.11 bits per heavy atom. The number of aliphatic carboxylic acids is 1. The van der Waals surface area contributed by atoms with Gasteiger partial charge < -0.3 is 5.11 Å². The van der Waals surface area contributed by atoms with Crippen LogP contribution in [-0.4, -0.2) is 40.0 Å². The lowest BCUT2D eigenvalue weighted by Crippen LogP contribution is -2.21. The van der Waals surface area contributed by atoms with E-state index in [0.29, 0.717) is 27.4 Å². The van der Waals surface area contributed by atoms with Gasteiger partial charge in [0.05, 0.1) is 16.0 Å². The van der Waals surface area contributed by atoms with Gasteiger partial charge in [0.15, 0.2) is 5.82 Å². The molecule has 0 saturated carbocycles. The van der Waals surface area contributed by atoms with E-state index in [-0.39, 0.29) is 4.21 Å². The topological polar surface area (TPSA) is 127 Å². The summed E-state index contributed by atoms with van der Waals surface area (Å²) in [5, 5.41) is 19.2. The molecule has 1 aliphatic heterocycles. The molecule has 192 valence electrons. The number of anilines is 1. The molecule has 13 heteroatoms. The fourth-order valence-electron chi connectivity index (χ4n) is 4.16.